The molecule has 0 saturated carbocycles. The molecule has 0 aliphatic carbocycles. The molecule has 4 rings (SSSR count). The second-order valence-electron chi connectivity index (χ2n) is 5.72. The molecular formula is C19H15FN4O. The third kappa shape index (κ3) is 3.19. The number of nitrogens with zero attached hydrogens (tertiary/aromatic N) is 4. The van der Waals surface area contributed by atoms with Crippen LogP contribution in [0.5, 0.6) is 5.75 Å². The van der Waals surface area contributed by atoms with Crippen LogP contribution in [0.2, 0.25) is 0 Å². The van der Waals surface area contributed by atoms with E-state index in [0.717, 1.165) is 22.6 Å². The van der Waals surface area contributed by atoms with Gasteiger partial charge in [-0.05, 0) is 25.1 Å². The zero-order valence-electron chi connectivity index (χ0n) is 13.6. The van der Waals surface area contributed by atoms with E-state index >= 15 is 0 Å². The largest absolute Gasteiger partial charge is 0.487 e. The Morgan fingerprint density at radius 1 is 1.04 bits per heavy atom. The smallest absolute Gasteiger partial charge is 0.234 e. The Bertz CT molecular complexity index is 1030. The number of imidazole rings is 1. The molecule has 6 heteroatoms. The molecule has 3 heterocycles. The van der Waals surface area contributed by atoms with Gasteiger partial charge in [-0.2, -0.15) is 4.39 Å². The van der Waals surface area contributed by atoms with E-state index in [2.05, 4.69) is 15.0 Å². The fourth-order valence-corrected chi connectivity index (χ4v) is 2.54. The van der Waals surface area contributed by atoms with Gasteiger partial charge in [-0.1, -0.05) is 18.2 Å². The lowest BCUT2D eigenvalue weighted by Gasteiger charge is -2.03. The SMILES string of the molecule is Cc1cc(-c2cnc3nc(COc4ccccc4)cn3c2)cnc1F. The monoisotopic (exact) mass is 334 g/mol. The number of halogens is 1. The number of benzene rings is 1. The number of pyridine rings is 1. The van der Waals surface area contributed by atoms with Crippen molar-refractivity contribution in [1.82, 2.24) is 19.4 Å². The van der Waals surface area contributed by atoms with Gasteiger partial charge in [0.05, 0.1) is 5.69 Å². The third-order valence-corrected chi connectivity index (χ3v) is 3.84. The minimum absolute atomic E-state index is 0.361. The molecule has 0 amide bonds. The lowest BCUT2D eigenvalue weighted by Crippen LogP contribution is -1.94. The van der Waals surface area contributed by atoms with Crippen molar-refractivity contribution in [1.29, 1.82) is 0 Å². The first-order valence-electron chi connectivity index (χ1n) is 7.83. The number of fused-ring (bicyclic) bond motifs is 1. The molecule has 0 N–H and O–H groups in total. The van der Waals surface area contributed by atoms with Crippen LogP contribution in [0.4, 0.5) is 4.39 Å². The molecule has 4 aromatic rings. The molecular weight excluding hydrogens is 319 g/mol. The average Bonchev–Trinajstić information content (AvgIpc) is 3.05. The van der Waals surface area contributed by atoms with Crippen molar-refractivity contribution >= 4 is 5.78 Å². The van der Waals surface area contributed by atoms with Crippen molar-refractivity contribution in [3.63, 3.8) is 0 Å². The molecule has 0 spiro atoms. The highest BCUT2D eigenvalue weighted by molar-refractivity contribution is 5.62. The highest BCUT2D eigenvalue weighted by Gasteiger charge is 2.08. The summed E-state index contributed by atoms with van der Waals surface area (Å²) in [7, 11) is 0. The summed E-state index contributed by atoms with van der Waals surface area (Å²) in [4.78, 5) is 12.6. The lowest BCUT2D eigenvalue weighted by atomic mass is 10.1. The van der Waals surface area contributed by atoms with Gasteiger partial charge >= 0.3 is 0 Å². The number of aromatic nitrogens is 4. The van der Waals surface area contributed by atoms with Crippen LogP contribution < -0.4 is 4.74 Å². The van der Waals surface area contributed by atoms with Crippen molar-refractivity contribution < 1.29 is 9.13 Å². The molecule has 0 fully saturated rings. The number of hydrogen-bond acceptors (Lipinski definition) is 4. The van der Waals surface area contributed by atoms with Crippen LogP contribution in [-0.4, -0.2) is 19.4 Å². The van der Waals surface area contributed by atoms with Crippen LogP contribution in [0.1, 0.15) is 11.3 Å². The molecule has 5 nitrogen and oxygen atoms in total. The molecule has 0 saturated heterocycles. The fraction of sp³-hybridized carbons (Fsp3) is 0.105. The maximum Gasteiger partial charge on any atom is 0.234 e. The molecule has 0 unspecified atom stereocenters. The minimum Gasteiger partial charge on any atom is -0.487 e. The number of rotatable bonds is 4. The quantitative estimate of drug-likeness (QED) is 0.533. The zero-order chi connectivity index (χ0) is 17.2. The zero-order valence-corrected chi connectivity index (χ0v) is 13.6. The van der Waals surface area contributed by atoms with Gasteiger partial charge in [-0.15, -0.1) is 0 Å². The predicted octanol–water partition coefficient (Wildman–Crippen LogP) is 3.82. The molecule has 0 aliphatic heterocycles. The Balaban J connectivity index is 1.59. The van der Waals surface area contributed by atoms with Gasteiger partial charge in [0, 0.05) is 41.5 Å². The number of aryl methyl sites for hydroxylation is 1. The van der Waals surface area contributed by atoms with Crippen molar-refractivity contribution in [2.24, 2.45) is 0 Å². The summed E-state index contributed by atoms with van der Waals surface area (Å²) in [5, 5.41) is 0. The molecule has 0 bridgehead atoms. The van der Waals surface area contributed by atoms with Crippen LogP contribution in [0.25, 0.3) is 16.9 Å². The number of para-hydroxylation sites is 1. The molecule has 3 aromatic heterocycles. The summed E-state index contributed by atoms with van der Waals surface area (Å²) in [6.07, 6.45) is 6.98. The van der Waals surface area contributed by atoms with Crippen molar-refractivity contribution in [2.45, 2.75) is 13.5 Å². The summed E-state index contributed by atoms with van der Waals surface area (Å²) in [5.41, 5.74) is 2.93. The van der Waals surface area contributed by atoms with Gasteiger partial charge in [0.25, 0.3) is 0 Å². The molecule has 0 atom stereocenters. The van der Waals surface area contributed by atoms with E-state index in [1.54, 1.807) is 19.2 Å². The Morgan fingerprint density at radius 3 is 2.64 bits per heavy atom. The first kappa shape index (κ1) is 15.3. The van der Waals surface area contributed by atoms with Crippen molar-refractivity contribution in [3.05, 3.63) is 78.4 Å². The third-order valence-electron chi connectivity index (χ3n) is 3.84. The van der Waals surface area contributed by atoms with Gasteiger partial charge in [-0.3, -0.25) is 4.40 Å². The van der Waals surface area contributed by atoms with E-state index in [1.165, 1.54) is 6.20 Å². The first-order valence-corrected chi connectivity index (χ1v) is 7.83. The first-order chi connectivity index (χ1) is 12.2. The van der Waals surface area contributed by atoms with Crippen LogP contribution in [0.15, 0.2) is 61.2 Å². The van der Waals surface area contributed by atoms with Crippen molar-refractivity contribution in [3.8, 4) is 16.9 Å². The van der Waals surface area contributed by atoms with Gasteiger partial charge < -0.3 is 4.74 Å². The van der Waals surface area contributed by atoms with E-state index in [-0.39, 0.29) is 0 Å². The molecule has 1 aromatic carbocycles. The molecule has 0 radical (unpaired) electrons. The topological polar surface area (TPSA) is 52.3 Å². The van der Waals surface area contributed by atoms with Gasteiger partial charge in [0.1, 0.15) is 12.4 Å². The van der Waals surface area contributed by atoms with E-state index in [0.29, 0.717) is 17.9 Å². The molecule has 124 valence electrons. The Hall–Kier alpha value is -3.28. The molecule has 25 heavy (non-hydrogen) atoms. The van der Waals surface area contributed by atoms with Crippen LogP contribution >= 0.6 is 0 Å². The maximum absolute atomic E-state index is 13.3. The number of hydrogen-bond donors (Lipinski definition) is 0. The van der Waals surface area contributed by atoms with E-state index in [4.69, 9.17) is 4.74 Å². The van der Waals surface area contributed by atoms with Gasteiger partial charge in [0.2, 0.25) is 11.7 Å². The second-order valence-corrected chi connectivity index (χ2v) is 5.72. The highest BCUT2D eigenvalue weighted by atomic mass is 19.1. The minimum atomic E-state index is -0.458. The second kappa shape index (κ2) is 6.32. The Kier molecular flexibility index (Phi) is 3.85. The van der Waals surface area contributed by atoms with E-state index in [1.807, 2.05) is 47.1 Å². The summed E-state index contributed by atoms with van der Waals surface area (Å²) < 4.78 is 20.9. The number of ether oxygens (including phenoxy) is 1. The normalized spacial score (nSPS) is 11.0. The maximum atomic E-state index is 13.3. The lowest BCUT2D eigenvalue weighted by molar-refractivity contribution is 0.302. The Morgan fingerprint density at radius 2 is 1.84 bits per heavy atom. The van der Waals surface area contributed by atoms with Crippen molar-refractivity contribution in [2.75, 3.05) is 0 Å². The summed E-state index contributed by atoms with van der Waals surface area (Å²) in [6.45, 7) is 2.05. The van der Waals surface area contributed by atoms with Gasteiger partial charge in [-0.25, -0.2) is 15.0 Å². The predicted molar refractivity (Wildman–Crippen MR) is 91.7 cm³/mol. The fourth-order valence-electron chi connectivity index (χ4n) is 2.54. The van der Waals surface area contributed by atoms with Crippen LogP contribution in [0, 0.1) is 12.9 Å². The van der Waals surface area contributed by atoms with Gasteiger partial charge in [0.15, 0.2) is 0 Å². The Labute approximate surface area is 143 Å². The standard InChI is InChI=1S/C19H15FN4O/c1-13-7-14(8-21-18(13)20)15-9-22-19-23-16(11-24(19)10-15)12-25-17-5-3-2-4-6-17/h2-11H,12H2,1H3. The summed E-state index contributed by atoms with van der Waals surface area (Å²) >= 11 is 0. The summed E-state index contributed by atoms with van der Waals surface area (Å²) in [6, 6.07) is 11.3. The summed E-state index contributed by atoms with van der Waals surface area (Å²) in [5.74, 6) is 0.920. The average molecular weight is 334 g/mol. The molecule has 0 aliphatic rings. The highest BCUT2D eigenvalue weighted by Crippen LogP contribution is 2.20. The van der Waals surface area contributed by atoms with Crippen LogP contribution in [0.3, 0.4) is 0 Å². The van der Waals surface area contributed by atoms with Crippen LogP contribution in [-0.2, 0) is 6.61 Å². The van der Waals surface area contributed by atoms with E-state index in [9.17, 15) is 4.39 Å². The van der Waals surface area contributed by atoms with E-state index < -0.39 is 5.95 Å².